The van der Waals surface area contributed by atoms with Gasteiger partial charge in [-0.2, -0.15) is 0 Å². The van der Waals surface area contributed by atoms with Crippen molar-refractivity contribution in [2.24, 2.45) is 0 Å². The fourth-order valence-corrected chi connectivity index (χ4v) is 3.67. The summed E-state index contributed by atoms with van der Waals surface area (Å²) in [4.78, 5) is 12.4. The predicted octanol–water partition coefficient (Wildman–Crippen LogP) is 4.11. The van der Waals surface area contributed by atoms with Crippen LogP contribution in [-0.4, -0.2) is 11.1 Å². The van der Waals surface area contributed by atoms with Crippen LogP contribution >= 0.6 is 0 Å². The summed E-state index contributed by atoms with van der Waals surface area (Å²) < 4.78 is 5.16. The van der Waals surface area contributed by atoms with Crippen LogP contribution < -0.4 is 5.32 Å². The molecule has 4 heteroatoms. The molecular weight excluding hydrogens is 300 g/mol. The maximum atomic E-state index is 12.4. The maximum Gasteiger partial charge on any atom is 0.224 e. The molecule has 0 atom stereocenters. The highest BCUT2D eigenvalue weighted by Gasteiger charge is 2.17. The van der Waals surface area contributed by atoms with E-state index in [9.17, 15) is 4.79 Å². The second kappa shape index (κ2) is 5.78. The second-order valence-corrected chi connectivity index (χ2v) is 6.46. The van der Waals surface area contributed by atoms with E-state index < -0.39 is 0 Å². The average Bonchev–Trinajstić information content (AvgIpc) is 3.13. The molecule has 3 aromatic rings. The summed E-state index contributed by atoms with van der Waals surface area (Å²) in [6, 6.07) is 10.5. The first-order chi connectivity index (χ1) is 11.6. The average molecular weight is 320 g/mol. The summed E-state index contributed by atoms with van der Waals surface area (Å²) in [6.45, 7) is 3.80. The highest BCUT2D eigenvalue weighted by molar-refractivity contribution is 6.05. The van der Waals surface area contributed by atoms with E-state index in [4.69, 9.17) is 4.52 Å². The first kappa shape index (κ1) is 14.9. The Labute approximate surface area is 140 Å². The quantitative estimate of drug-likeness (QED) is 0.787. The van der Waals surface area contributed by atoms with Crippen molar-refractivity contribution in [2.75, 3.05) is 5.32 Å². The van der Waals surface area contributed by atoms with Crippen LogP contribution in [0.4, 0.5) is 5.69 Å². The largest absolute Gasteiger partial charge is 0.361 e. The molecule has 24 heavy (non-hydrogen) atoms. The van der Waals surface area contributed by atoms with Gasteiger partial charge in [0.15, 0.2) is 0 Å². The number of aryl methyl sites for hydroxylation is 4. The molecular formula is C20H20N2O2. The Morgan fingerprint density at radius 2 is 1.96 bits per heavy atom. The second-order valence-electron chi connectivity index (χ2n) is 6.46. The van der Waals surface area contributed by atoms with Gasteiger partial charge in [-0.3, -0.25) is 4.79 Å². The number of benzene rings is 2. The fourth-order valence-electron chi connectivity index (χ4n) is 3.67. The number of hydrogen-bond acceptors (Lipinski definition) is 3. The van der Waals surface area contributed by atoms with E-state index >= 15 is 0 Å². The lowest BCUT2D eigenvalue weighted by molar-refractivity contribution is -0.116. The zero-order chi connectivity index (χ0) is 16.7. The monoisotopic (exact) mass is 320 g/mol. The van der Waals surface area contributed by atoms with Gasteiger partial charge < -0.3 is 9.84 Å². The van der Waals surface area contributed by atoms with Gasteiger partial charge in [0.05, 0.1) is 5.69 Å². The third kappa shape index (κ3) is 2.48. The summed E-state index contributed by atoms with van der Waals surface area (Å²) >= 11 is 0. The molecule has 122 valence electrons. The summed E-state index contributed by atoms with van der Waals surface area (Å²) in [5.41, 5.74) is 5.57. The Morgan fingerprint density at radius 3 is 2.71 bits per heavy atom. The van der Waals surface area contributed by atoms with Crippen LogP contribution in [0.5, 0.6) is 0 Å². The molecule has 1 heterocycles. The number of carbonyl (C=O) groups excluding carboxylic acids is 1. The van der Waals surface area contributed by atoms with Gasteiger partial charge in [-0.25, -0.2) is 0 Å². The summed E-state index contributed by atoms with van der Waals surface area (Å²) in [6.07, 6.45) is 3.26. The maximum absolute atomic E-state index is 12.4. The number of carbonyl (C=O) groups is 1. The molecule has 0 saturated carbocycles. The smallest absolute Gasteiger partial charge is 0.224 e. The van der Waals surface area contributed by atoms with E-state index in [1.165, 1.54) is 16.5 Å². The Hall–Kier alpha value is -2.62. The number of nitrogens with one attached hydrogen (secondary N) is 1. The van der Waals surface area contributed by atoms with Crippen molar-refractivity contribution in [3.63, 3.8) is 0 Å². The van der Waals surface area contributed by atoms with Gasteiger partial charge in [0, 0.05) is 23.1 Å². The number of hydrogen-bond donors (Lipinski definition) is 1. The molecule has 0 fully saturated rings. The molecule has 0 unspecified atom stereocenters. The van der Waals surface area contributed by atoms with E-state index in [1.807, 2.05) is 19.9 Å². The minimum Gasteiger partial charge on any atom is -0.361 e. The van der Waals surface area contributed by atoms with Crippen molar-refractivity contribution in [1.82, 2.24) is 5.16 Å². The van der Waals surface area contributed by atoms with Crippen LogP contribution in [0, 0.1) is 13.8 Å². The van der Waals surface area contributed by atoms with Crippen molar-refractivity contribution >= 4 is 22.4 Å². The lowest BCUT2D eigenvalue weighted by Crippen LogP contribution is -2.13. The molecule has 0 spiro atoms. The normalized spacial score (nSPS) is 12.8. The van der Waals surface area contributed by atoms with Gasteiger partial charge in [-0.05, 0) is 55.7 Å². The van der Waals surface area contributed by atoms with Crippen LogP contribution in [-0.2, 0) is 24.1 Å². The molecule has 0 radical (unpaired) electrons. The van der Waals surface area contributed by atoms with Crippen LogP contribution in [0.25, 0.3) is 10.8 Å². The van der Waals surface area contributed by atoms with Crippen molar-refractivity contribution < 1.29 is 9.32 Å². The van der Waals surface area contributed by atoms with E-state index in [-0.39, 0.29) is 5.91 Å². The van der Waals surface area contributed by atoms with Crippen LogP contribution in [0.3, 0.4) is 0 Å². The Kier molecular flexibility index (Phi) is 3.60. The van der Waals surface area contributed by atoms with E-state index in [0.717, 1.165) is 40.9 Å². The standard InChI is InChI=1S/C20H20N2O2/c1-12-16(13(2)24-22-12)9-11-19(23)21-18-10-8-15-7-6-14-4-3-5-17(18)20(14)15/h3-5,8,10H,6-7,9,11H2,1-2H3,(H,21,23). The Bertz CT molecular complexity index is 910. The summed E-state index contributed by atoms with van der Waals surface area (Å²) in [5, 5.41) is 9.48. The van der Waals surface area contributed by atoms with Gasteiger partial charge >= 0.3 is 0 Å². The first-order valence-corrected chi connectivity index (χ1v) is 8.38. The minimum absolute atomic E-state index is 0.0219. The molecule has 1 aliphatic rings. The van der Waals surface area contributed by atoms with Crippen molar-refractivity contribution in [3.05, 3.63) is 58.5 Å². The number of amides is 1. The van der Waals surface area contributed by atoms with E-state index in [0.29, 0.717) is 12.8 Å². The lowest BCUT2D eigenvalue weighted by atomic mass is 10.0. The molecule has 1 aromatic heterocycles. The topological polar surface area (TPSA) is 55.1 Å². The van der Waals surface area contributed by atoms with Crippen LogP contribution in [0.2, 0.25) is 0 Å². The van der Waals surface area contributed by atoms with Crippen LogP contribution in [0.1, 0.15) is 34.6 Å². The zero-order valence-electron chi connectivity index (χ0n) is 14.0. The SMILES string of the molecule is Cc1noc(C)c1CCC(=O)Nc1ccc2c3c(cccc13)CC2. The highest BCUT2D eigenvalue weighted by atomic mass is 16.5. The highest BCUT2D eigenvalue weighted by Crippen LogP contribution is 2.35. The number of anilines is 1. The minimum atomic E-state index is 0.0219. The summed E-state index contributed by atoms with van der Waals surface area (Å²) in [7, 11) is 0. The third-order valence-electron chi connectivity index (χ3n) is 4.93. The Balaban J connectivity index is 1.54. The Morgan fingerprint density at radius 1 is 1.17 bits per heavy atom. The third-order valence-corrected chi connectivity index (χ3v) is 4.93. The van der Waals surface area contributed by atoms with Crippen molar-refractivity contribution in [2.45, 2.75) is 39.5 Å². The summed E-state index contributed by atoms with van der Waals surface area (Å²) in [5.74, 6) is 0.819. The first-order valence-electron chi connectivity index (χ1n) is 8.38. The molecule has 0 saturated heterocycles. The molecule has 4 rings (SSSR count). The molecule has 0 aliphatic heterocycles. The number of aromatic nitrogens is 1. The van der Waals surface area contributed by atoms with E-state index in [1.54, 1.807) is 0 Å². The van der Waals surface area contributed by atoms with E-state index in [2.05, 4.69) is 34.7 Å². The van der Waals surface area contributed by atoms with Crippen molar-refractivity contribution in [1.29, 1.82) is 0 Å². The lowest BCUT2D eigenvalue weighted by Gasteiger charge is -2.10. The van der Waals surface area contributed by atoms with Gasteiger partial charge in [-0.1, -0.05) is 29.4 Å². The van der Waals surface area contributed by atoms with Gasteiger partial charge in [-0.15, -0.1) is 0 Å². The predicted molar refractivity (Wildman–Crippen MR) is 94.3 cm³/mol. The van der Waals surface area contributed by atoms with Crippen LogP contribution in [0.15, 0.2) is 34.9 Å². The molecule has 1 N–H and O–H groups in total. The number of rotatable bonds is 4. The molecule has 4 nitrogen and oxygen atoms in total. The van der Waals surface area contributed by atoms with Gasteiger partial charge in [0.25, 0.3) is 0 Å². The molecule has 1 aliphatic carbocycles. The van der Waals surface area contributed by atoms with Crippen molar-refractivity contribution in [3.8, 4) is 0 Å². The molecule has 1 amide bonds. The zero-order valence-corrected chi connectivity index (χ0v) is 14.0. The molecule has 0 bridgehead atoms. The van der Waals surface area contributed by atoms with Gasteiger partial charge in [0.1, 0.15) is 5.76 Å². The molecule has 2 aromatic carbocycles. The fraction of sp³-hybridized carbons (Fsp3) is 0.300. The van der Waals surface area contributed by atoms with Gasteiger partial charge in [0.2, 0.25) is 5.91 Å². The number of nitrogens with zero attached hydrogens (tertiary/aromatic N) is 1.